The minimum Gasteiger partial charge on any atom is -0.409 e. The van der Waals surface area contributed by atoms with Crippen molar-refractivity contribution in [1.29, 1.82) is 0 Å². The van der Waals surface area contributed by atoms with Crippen molar-refractivity contribution in [2.75, 3.05) is 5.75 Å². The number of benzene rings is 1. The van der Waals surface area contributed by atoms with E-state index in [9.17, 15) is 0 Å². The van der Waals surface area contributed by atoms with E-state index in [1.54, 1.807) is 18.0 Å². The summed E-state index contributed by atoms with van der Waals surface area (Å²) in [6.45, 7) is 4.12. The molecule has 1 aromatic carbocycles. The van der Waals surface area contributed by atoms with Crippen LogP contribution >= 0.6 is 11.8 Å². The normalized spacial score (nSPS) is 11.8. The minimum atomic E-state index is 0.118. The molecule has 0 radical (unpaired) electrons. The van der Waals surface area contributed by atoms with Gasteiger partial charge in [0, 0.05) is 23.7 Å². The van der Waals surface area contributed by atoms with Crippen LogP contribution in [-0.4, -0.2) is 26.3 Å². The van der Waals surface area contributed by atoms with Gasteiger partial charge in [-0.1, -0.05) is 25.1 Å². The lowest BCUT2D eigenvalue weighted by molar-refractivity contribution is 0.318. The van der Waals surface area contributed by atoms with Gasteiger partial charge in [-0.05, 0) is 17.9 Å². The zero-order chi connectivity index (χ0) is 14.5. The number of aromatic nitrogens is 2. The molecule has 0 saturated heterocycles. The van der Waals surface area contributed by atoms with Crippen LogP contribution < -0.4 is 5.73 Å². The van der Waals surface area contributed by atoms with Crippen molar-refractivity contribution in [3.63, 3.8) is 0 Å². The summed E-state index contributed by atoms with van der Waals surface area (Å²) in [6.07, 6.45) is 4.46. The summed E-state index contributed by atoms with van der Waals surface area (Å²) in [7, 11) is 0. The van der Waals surface area contributed by atoms with E-state index in [0.717, 1.165) is 34.1 Å². The quantitative estimate of drug-likeness (QED) is 0.292. The second kappa shape index (κ2) is 6.47. The van der Waals surface area contributed by atoms with Gasteiger partial charge < -0.3 is 15.5 Å². The molecule has 1 aromatic heterocycles. The smallest absolute Gasteiger partial charge is 0.173 e. The molecule has 0 bridgehead atoms. The van der Waals surface area contributed by atoms with E-state index in [-0.39, 0.29) is 5.84 Å². The predicted molar refractivity (Wildman–Crippen MR) is 81.9 cm³/mol. The number of nitrogens with zero attached hydrogens (tertiary/aromatic N) is 3. The van der Waals surface area contributed by atoms with Crippen LogP contribution in [0, 0.1) is 0 Å². The molecule has 3 N–H and O–H groups in total. The number of imidazole rings is 1. The molecule has 0 unspecified atom stereocenters. The highest BCUT2D eigenvalue weighted by atomic mass is 32.2. The fourth-order valence-electron chi connectivity index (χ4n) is 2.12. The molecule has 0 fully saturated rings. The van der Waals surface area contributed by atoms with E-state index < -0.39 is 0 Å². The van der Waals surface area contributed by atoms with E-state index in [4.69, 9.17) is 10.9 Å². The van der Waals surface area contributed by atoms with Crippen molar-refractivity contribution < 1.29 is 5.21 Å². The second-order valence-electron chi connectivity index (χ2n) is 4.14. The lowest BCUT2D eigenvalue weighted by Crippen LogP contribution is -2.18. The van der Waals surface area contributed by atoms with Crippen LogP contribution in [-0.2, 0) is 6.42 Å². The number of rotatable bonds is 5. The van der Waals surface area contributed by atoms with Crippen LogP contribution in [0.4, 0.5) is 0 Å². The summed E-state index contributed by atoms with van der Waals surface area (Å²) >= 11 is 1.66. The molecule has 0 aliphatic carbocycles. The maximum Gasteiger partial charge on any atom is 0.173 e. The average Bonchev–Trinajstić information content (AvgIpc) is 2.95. The molecule has 2 rings (SSSR count). The highest BCUT2D eigenvalue weighted by Crippen LogP contribution is 2.28. The first-order chi connectivity index (χ1) is 9.72. The Bertz CT molecular complexity index is 621. The van der Waals surface area contributed by atoms with Gasteiger partial charge in [0.05, 0.1) is 11.3 Å². The van der Waals surface area contributed by atoms with Crippen LogP contribution in [0.1, 0.15) is 25.2 Å². The van der Waals surface area contributed by atoms with Crippen molar-refractivity contribution in [2.24, 2.45) is 10.9 Å². The summed E-state index contributed by atoms with van der Waals surface area (Å²) in [4.78, 5) is 5.32. The molecule has 106 valence electrons. The fraction of sp³-hybridized carbons (Fsp3) is 0.286. The molecule has 0 atom stereocenters. The first-order valence-electron chi connectivity index (χ1n) is 6.49. The van der Waals surface area contributed by atoms with E-state index in [1.165, 1.54) is 0 Å². The number of nitrogens with two attached hydrogens (primary N) is 1. The molecule has 20 heavy (non-hydrogen) atoms. The average molecular weight is 290 g/mol. The topological polar surface area (TPSA) is 76.4 Å². The Labute approximate surface area is 122 Å². The van der Waals surface area contributed by atoms with Gasteiger partial charge in [0.15, 0.2) is 5.84 Å². The second-order valence-corrected chi connectivity index (χ2v) is 5.44. The largest absolute Gasteiger partial charge is 0.409 e. The van der Waals surface area contributed by atoms with Crippen molar-refractivity contribution in [3.05, 3.63) is 42.0 Å². The standard InChI is InChI=1S/C14H18N4OS/c1-3-12-16-8-9-18(12)10-6-5-7-11(20-4-2)13(10)14(15)17-19/h5-9,19H,3-4H2,1-2H3,(H2,15,17). The van der Waals surface area contributed by atoms with Crippen molar-refractivity contribution in [2.45, 2.75) is 25.2 Å². The molecule has 6 heteroatoms. The molecule has 2 aromatic rings. The molecule has 0 saturated carbocycles. The first kappa shape index (κ1) is 14.5. The monoisotopic (exact) mass is 290 g/mol. The van der Waals surface area contributed by atoms with Crippen LogP contribution in [0.25, 0.3) is 5.69 Å². The number of thioether (sulfide) groups is 1. The van der Waals surface area contributed by atoms with E-state index in [2.05, 4.69) is 17.1 Å². The van der Waals surface area contributed by atoms with E-state index in [1.807, 2.05) is 35.9 Å². The third-order valence-corrected chi connectivity index (χ3v) is 3.90. The lowest BCUT2D eigenvalue weighted by Gasteiger charge is -2.15. The fourth-order valence-corrected chi connectivity index (χ4v) is 2.96. The summed E-state index contributed by atoms with van der Waals surface area (Å²) in [6, 6.07) is 5.91. The Kier molecular flexibility index (Phi) is 4.68. The van der Waals surface area contributed by atoms with E-state index >= 15 is 0 Å². The number of amidine groups is 1. The molecule has 1 heterocycles. The van der Waals surface area contributed by atoms with Gasteiger partial charge in [-0.25, -0.2) is 4.98 Å². The molecule has 0 aliphatic heterocycles. The van der Waals surface area contributed by atoms with Crippen molar-refractivity contribution in [1.82, 2.24) is 9.55 Å². The predicted octanol–water partition coefficient (Wildman–Crippen LogP) is 2.64. The van der Waals surface area contributed by atoms with Gasteiger partial charge in [0.25, 0.3) is 0 Å². The maximum atomic E-state index is 9.06. The molecule has 0 aliphatic rings. The number of oxime groups is 1. The lowest BCUT2D eigenvalue weighted by atomic mass is 10.1. The highest BCUT2D eigenvalue weighted by Gasteiger charge is 2.15. The van der Waals surface area contributed by atoms with E-state index in [0.29, 0.717) is 0 Å². The van der Waals surface area contributed by atoms with Crippen LogP contribution in [0.5, 0.6) is 0 Å². The number of hydrogen-bond acceptors (Lipinski definition) is 4. The van der Waals surface area contributed by atoms with Gasteiger partial charge in [0.1, 0.15) is 5.82 Å². The number of hydrogen-bond donors (Lipinski definition) is 2. The Morgan fingerprint density at radius 3 is 2.90 bits per heavy atom. The van der Waals surface area contributed by atoms with Gasteiger partial charge >= 0.3 is 0 Å². The van der Waals surface area contributed by atoms with Crippen LogP contribution in [0.15, 0.2) is 40.6 Å². The Morgan fingerprint density at radius 1 is 1.45 bits per heavy atom. The zero-order valence-corrected chi connectivity index (χ0v) is 12.4. The van der Waals surface area contributed by atoms with Crippen molar-refractivity contribution >= 4 is 17.6 Å². The van der Waals surface area contributed by atoms with Crippen molar-refractivity contribution in [3.8, 4) is 5.69 Å². The summed E-state index contributed by atoms with van der Waals surface area (Å²) in [5, 5.41) is 12.2. The maximum absolute atomic E-state index is 9.06. The molecular formula is C14H18N4OS. The zero-order valence-electron chi connectivity index (χ0n) is 11.6. The first-order valence-corrected chi connectivity index (χ1v) is 7.47. The van der Waals surface area contributed by atoms with Gasteiger partial charge in [-0.15, -0.1) is 11.8 Å². The third-order valence-electron chi connectivity index (χ3n) is 2.96. The van der Waals surface area contributed by atoms with Gasteiger partial charge in [0.2, 0.25) is 0 Å². The summed E-state index contributed by atoms with van der Waals surface area (Å²) in [5.74, 6) is 1.97. The minimum absolute atomic E-state index is 0.118. The molecule has 5 nitrogen and oxygen atoms in total. The van der Waals surface area contributed by atoms with Crippen LogP contribution in [0.2, 0.25) is 0 Å². The summed E-state index contributed by atoms with van der Waals surface area (Å²) < 4.78 is 1.98. The number of aryl methyl sites for hydroxylation is 1. The summed E-state index contributed by atoms with van der Waals surface area (Å²) in [5.41, 5.74) is 7.50. The molecular weight excluding hydrogens is 272 g/mol. The highest BCUT2D eigenvalue weighted by molar-refractivity contribution is 7.99. The third kappa shape index (κ3) is 2.65. The Balaban J connectivity index is 2.66. The Hall–Kier alpha value is -1.95. The molecule has 0 amide bonds. The van der Waals surface area contributed by atoms with Crippen LogP contribution in [0.3, 0.4) is 0 Å². The Morgan fingerprint density at radius 2 is 2.25 bits per heavy atom. The van der Waals surface area contributed by atoms with Gasteiger partial charge in [-0.3, -0.25) is 0 Å². The van der Waals surface area contributed by atoms with Gasteiger partial charge in [-0.2, -0.15) is 0 Å². The molecule has 0 spiro atoms. The SMILES string of the molecule is CCSc1cccc(-n2ccnc2CC)c1/C(N)=N/O.